The van der Waals surface area contributed by atoms with Crippen LogP contribution in [0.1, 0.15) is 45.4 Å². The summed E-state index contributed by atoms with van der Waals surface area (Å²) in [5, 5.41) is 0. The third kappa shape index (κ3) is 0.595. The molecule has 0 unspecified atom stereocenters. The summed E-state index contributed by atoms with van der Waals surface area (Å²) >= 11 is 0. The molecule has 52 valence electrons. The molecule has 0 radical (unpaired) electrons. The maximum Gasteiger partial charge on any atom is -0.0272 e. The highest BCUT2D eigenvalue weighted by atomic mass is 14.5. The molecule has 2 fully saturated rings. The van der Waals surface area contributed by atoms with Crippen molar-refractivity contribution in [2.24, 2.45) is 11.3 Å². The van der Waals surface area contributed by atoms with E-state index in [2.05, 4.69) is 6.92 Å². The molecular weight excluding hydrogens is 108 g/mol. The van der Waals surface area contributed by atoms with Gasteiger partial charge < -0.3 is 0 Å². The van der Waals surface area contributed by atoms with Crippen molar-refractivity contribution in [3.05, 3.63) is 0 Å². The van der Waals surface area contributed by atoms with Gasteiger partial charge in [0.05, 0.1) is 0 Å². The molecule has 0 aliphatic heterocycles. The summed E-state index contributed by atoms with van der Waals surface area (Å²) in [6, 6.07) is 0. The van der Waals surface area contributed by atoms with Gasteiger partial charge in [-0.3, -0.25) is 0 Å². The lowest BCUT2D eigenvalue weighted by Gasteiger charge is -2.44. The van der Waals surface area contributed by atoms with Crippen molar-refractivity contribution < 1.29 is 0 Å². The van der Waals surface area contributed by atoms with E-state index in [-0.39, 0.29) is 0 Å². The van der Waals surface area contributed by atoms with Gasteiger partial charge in [0.15, 0.2) is 0 Å². The maximum atomic E-state index is 2.37. The number of fused-ring (bicyclic) bond motifs is 1. The predicted octanol–water partition coefficient (Wildman–Crippen LogP) is 2.98. The molecule has 0 N–H and O–H groups in total. The third-order valence-electron chi connectivity index (χ3n) is 3.79. The third-order valence-corrected chi connectivity index (χ3v) is 3.79. The van der Waals surface area contributed by atoms with E-state index in [4.69, 9.17) is 0 Å². The standard InChI is InChI=1S/C9H16/c1-2-9-6-3-4-8(9)5-7-9/h8H,2-7H2,1H3/t8-,9+/m1/s1. The molecule has 2 atom stereocenters. The molecule has 0 spiro atoms. The molecule has 0 heterocycles. The molecule has 2 aliphatic rings. The molecule has 0 heteroatoms. The summed E-state index contributed by atoms with van der Waals surface area (Å²) in [4.78, 5) is 0. The topological polar surface area (TPSA) is 0 Å². The smallest absolute Gasteiger partial charge is 0.0272 e. The summed E-state index contributed by atoms with van der Waals surface area (Å²) in [7, 11) is 0. The zero-order valence-electron chi connectivity index (χ0n) is 6.32. The van der Waals surface area contributed by atoms with Crippen LogP contribution in [0.25, 0.3) is 0 Å². The monoisotopic (exact) mass is 124 g/mol. The molecular formula is C9H16. The van der Waals surface area contributed by atoms with Crippen LogP contribution in [0.4, 0.5) is 0 Å². The van der Waals surface area contributed by atoms with Crippen LogP contribution in [0.3, 0.4) is 0 Å². The van der Waals surface area contributed by atoms with Crippen LogP contribution in [-0.2, 0) is 0 Å². The molecule has 0 amide bonds. The van der Waals surface area contributed by atoms with Crippen LogP contribution in [-0.4, -0.2) is 0 Å². The lowest BCUT2D eigenvalue weighted by molar-refractivity contribution is 0.0601. The van der Waals surface area contributed by atoms with Gasteiger partial charge in [-0.05, 0) is 37.0 Å². The minimum absolute atomic E-state index is 0.875. The van der Waals surface area contributed by atoms with E-state index >= 15 is 0 Å². The Kier molecular flexibility index (Phi) is 1.12. The molecule has 0 bridgehead atoms. The SMILES string of the molecule is CC[C@@]12CCC[C@@H]1CC2. The summed E-state index contributed by atoms with van der Waals surface area (Å²) in [5.41, 5.74) is 0.875. The molecule has 0 nitrogen and oxygen atoms in total. The minimum Gasteiger partial charge on any atom is -0.0648 e. The Morgan fingerprint density at radius 3 is 2.56 bits per heavy atom. The van der Waals surface area contributed by atoms with Crippen molar-refractivity contribution in [1.29, 1.82) is 0 Å². The predicted molar refractivity (Wildman–Crippen MR) is 39.3 cm³/mol. The quantitative estimate of drug-likeness (QED) is 0.504. The molecule has 2 rings (SSSR count). The maximum absolute atomic E-state index is 2.37. The Hall–Kier alpha value is 0. The van der Waals surface area contributed by atoms with Crippen LogP contribution in [0.15, 0.2) is 0 Å². The zero-order chi connectivity index (χ0) is 6.32. The molecule has 9 heavy (non-hydrogen) atoms. The number of hydrogen-bond acceptors (Lipinski definition) is 0. The summed E-state index contributed by atoms with van der Waals surface area (Å²) in [6.07, 6.45) is 9.18. The van der Waals surface area contributed by atoms with E-state index in [9.17, 15) is 0 Å². The van der Waals surface area contributed by atoms with E-state index < -0.39 is 0 Å². The number of hydrogen-bond donors (Lipinski definition) is 0. The number of rotatable bonds is 1. The fourth-order valence-electron chi connectivity index (χ4n) is 2.88. The first-order chi connectivity index (χ1) is 4.37. The Morgan fingerprint density at radius 2 is 2.22 bits per heavy atom. The summed E-state index contributed by atoms with van der Waals surface area (Å²) in [5.74, 6) is 1.16. The van der Waals surface area contributed by atoms with E-state index in [1.807, 2.05) is 0 Å². The van der Waals surface area contributed by atoms with Gasteiger partial charge in [-0.1, -0.05) is 19.8 Å². The van der Waals surface area contributed by atoms with E-state index in [1.165, 1.54) is 12.8 Å². The Labute approximate surface area is 57.6 Å². The van der Waals surface area contributed by atoms with E-state index in [0.717, 1.165) is 11.3 Å². The van der Waals surface area contributed by atoms with Gasteiger partial charge in [-0.15, -0.1) is 0 Å². The highest BCUT2D eigenvalue weighted by molar-refractivity contribution is 4.98. The highest BCUT2D eigenvalue weighted by Crippen LogP contribution is 2.59. The van der Waals surface area contributed by atoms with Gasteiger partial charge in [0.2, 0.25) is 0 Å². The first kappa shape index (κ1) is 5.76. The van der Waals surface area contributed by atoms with Gasteiger partial charge in [0.25, 0.3) is 0 Å². The fraction of sp³-hybridized carbons (Fsp3) is 1.00. The van der Waals surface area contributed by atoms with Crippen LogP contribution >= 0.6 is 0 Å². The molecule has 0 aromatic heterocycles. The second-order valence-electron chi connectivity index (χ2n) is 3.84. The molecule has 0 aromatic rings. The van der Waals surface area contributed by atoms with Crippen LogP contribution in [0.2, 0.25) is 0 Å². The largest absolute Gasteiger partial charge is 0.0648 e. The van der Waals surface area contributed by atoms with Gasteiger partial charge >= 0.3 is 0 Å². The fourth-order valence-corrected chi connectivity index (χ4v) is 2.88. The van der Waals surface area contributed by atoms with Crippen LogP contribution < -0.4 is 0 Å². The second-order valence-corrected chi connectivity index (χ2v) is 3.84. The van der Waals surface area contributed by atoms with E-state index in [0.29, 0.717) is 0 Å². The van der Waals surface area contributed by atoms with Crippen molar-refractivity contribution in [2.45, 2.75) is 45.4 Å². The molecule has 2 aliphatic carbocycles. The molecule has 0 aromatic carbocycles. The zero-order valence-corrected chi connectivity index (χ0v) is 6.32. The van der Waals surface area contributed by atoms with E-state index in [1.54, 1.807) is 25.7 Å². The molecule has 2 saturated carbocycles. The normalized spacial score (nSPS) is 48.3. The van der Waals surface area contributed by atoms with Gasteiger partial charge in [-0.2, -0.15) is 0 Å². The second kappa shape index (κ2) is 1.74. The highest BCUT2D eigenvalue weighted by Gasteiger charge is 2.47. The molecule has 0 saturated heterocycles. The Balaban J connectivity index is 2.10. The van der Waals surface area contributed by atoms with Crippen LogP contribution in [0.5, 0.6) is 0 Å². The Bertz CT molecular complexity index is 113. The summed E-state index contributed by atoms with van der Waals surface area (Å²) < 4.78 is 0. The van der Waals surface area contributed by atoms with Crippen molar-refractivity contribution in [2.75, 3.05) is 0 Å². The van der Waals surface area contributed by atoms with Gasteiger partial charge in [0, 0.05) is 0 Å². The average Bonchev–Trinajstić information content (AvgIpc) is 2.10. The lowest BCUT2D eigenvalue weighted by atomic mass is 9.61. The van der Waals surface area contributed by atoms with Gasteiger partial charge in [-0.25, -0.2) is 0 Å². The first-order valence-corrected chi connectivity index (χ1v) is 4.37. The average molecular weight is 124 g/mol. The van der Waals surface area contributed by atoms with Crippen molar-refractivity contribution in [3.8, 4) is 0 Å². The minimum atomic E-state index is 0.875. The summed E-state index contributed by atoms with van der Waals surface area (Å²) in [6.45, 7) is 2.37. The van der Waals surface area contributed by atoms with Crippen molar-refractivity contribution in [1.82, 2.24) is 0 Å². The van der Waals surface area contributed by atoms with Crippen molar-refractivity contribution in [3.63, 3.8) is 0 Å². The first-order valence-electron chi connectivity index (χ1n) is 4.37. The Morgan fingerprint density at radius 1 is 1.33 bits per heavy atom. The van der Waals surface area contributed by atoms with Crippen molar-refractivity contribution >= 4 is 0 Å². The lowest BCUT2D eigenvalue weighted by Crippen LogP contribution is -2.34. The van der Waals surface area contributed by atoms with Gasteiger partial charge in [0.1, 0.15) is 0 Å². The van der Waals surface area contributed by atoms with Crippen LogP contribution in [0, 0.1) is 11.3 Å².